The summed E-state index contributed by atoms with van der Waals surface area (Å²) in [4.78, 5) is 9.06. The average Bonchev–Trinajstić information content (AvgIpc) is 2.18. The Labute approximate surface area is 85.9 Å². The van der Waals surface area contributed by atoms with Gasteiger partial charge in [0.05, 0.1) is 21.1 Å². The second-order valence-corrected chi connectivity index (χ2v) is 3.75. The quantitative estimate of drug-likeness (QED) is 0.558. The maximum atomic E-state index is 9.06. The largest absolute Gasteiger partial charge is 0.362 e. The fourth-order valence-electron chi connectivity index (χ4n) is 0.875. The van der Waals surface area contributed by atoms with Gasteiger partial charge in [-0.3, -0.25) is 9.28 Å². The molecule has 0 aliphatic carbocycles. The first kappa shape index (κ1) is 12.7. The van der Waals surface area contributed by atoms with Crippen LogP contribution in [0.5, 0.6) is 0 Å². The zero-order valence-electron chi connectivity index (χ0n) is 9.32. The first-order valence-corrected chi connectivity index (χ1v) is 4.50. The Balaban J connectivity index is 0.000000364. The number of para-hydroxylation sites is 1. The van der Waals surface area contributed by atoms with Crippen LogP contribution in [0.3, 0.4) is 0 Å². The molecule has 0 fully saturated rings. The van der Waals surface area contributed by atoms with Gasteiger partial charge in [-0.05, 0) is 12.1 Å². The molecular weight excluding hydrogens is 176 g/mol. The molecule has 0 heterocycles. The molecule has 1 N–H and O–H groups in total. The van der Waals surface area contributed by atoms with E-state index >= 15 is 0 Å². The molecule has 1 aromatic rings. The Hall–Kier alpha value is -1.35. The first-order chi connectivity index (χ1) is 6.52. The molecule has 0 unspecified atom stereocenters. The molecule has 0 aromatic heterocycles. The molecule has 0 radical (unpaired) electrons. The summed E-state index contributed by atoms with van der Waals surface area (Å²) in [6.07, 6.45) is 0.625. The van der Waals surface area contributed by atoms with Crippen molar-refractivity contribution >= 4 is 12.1 Å². The van der Waals surface area contributed by atoms with Crippen LogP contribution in [-0.2, 0) is 4.79 Å². The number of hydrogen-bond acceptors (Lipinski definition) is 1. The maximum Gasteiger partial charge on any atom is 0.206 e. The SMILES string of the molecule is CNC=O.C[N+](C)(C)c1ccccc1. The molecule has 1 aromatic carbocycles. The van der Waals surface area contributed by atoms with Gasteiger partial charge in [0.15, 0.2) is 0 Å². The van der Waals surface area contributed by atoms with E-state index in [-0.39, 0.29) is 0 Å². The van der Waals surface area contributed by atoms with Gasteiger partial charge >= 0.3 is 0 Å². The smallest absolute Gasteiger partial charge is 0.206 e. The predicted octanol–water partition coefficient (Wildman–Crippen LogP) is 1.25. The van der Waals surface area contributed by atoms with Gasteiger partial charge in [-0.2, -0.15) is 0 Å². The molecule has 1 amide bonds. The summed E-state index contributed by atoms with van der Waals surface area (Å²) >= 11 is 0. The lowest BCUT2D eigenvalue weighted by atomic mass is 10.3. The first-order valence-electron chi connectivity index (χ1n) is 4.50. The van der Waals surface area contributed by atoms with Gasteiger partial charge in [0.1, 0.15) is 5.69 Å². The van der Waals surface area contributed by atoms with Crippen LogP contribution in [0.15, 0.2) is 30.3 Å². The monoisotopic (exact) mass is 195 g/mol. The van der Waals surface area contributed by atoms with Crippen molar-refractivity contribution in [2.24, 2.45) is 0 Å². The summed E-state index contributed by atoms with van der Waals surface area (Å²) in [6.45, 7) is 0. The van der Waals surface area contributed by atoms with Crippen molar-refractivity contribution in [3.63, 3.8) is 0 Å². The van der Waals surface area contributed by atoms with E-state index in [9.17, 15) is 0 Å². The van der Waals surface area contributed by atoms with Crippen LogP contribution in [0.1, 0.15) is 0 Å². The molecule has 1 rings (SSSR count). The van der Waals surface area contributed by atoms with Gasteiger partial charge in [-0.1, -0.05) is 18.2 Å². The van der Waals surface area contributed by atoms with Gasteiger partial charge in [0.2, 0.25) is 6.41 Å². The number of quaternary nitrogens is 1. The number of nitrogens with one attached hydrogen (secondary N) is 1. The minimum Gasteiger partial charge on any atom is -0.362 e. The molecule has 0 aliphatic heterocycles. The molecular formula is C11H19N2O+. The Morgan fingerprint density at radius 2 is 1.57 bits per heavy atom. The molecule has 0 saturated heterocycles. The summed E-state index contributed by atoms with van der Waals surface area (Å²) in [5.41, 5.74) is 1.34. The molecule has 3 nitrogen and oxygen atoms in total. The Kier molecular flexibility index (Phi) is 5.56. The second kappa shape index (κ2) is 6.16. The maximum absolute atomic E-state index is 9.06. The van der Waals surface area contributed by atoms with E-state index in [1.165, 1.54) is 5.69 Å². The van der Waals surface area contributed by atoms with Gasteiger partial charge in [0.25, 0.3) is 0 Å². The molecule has 0 spiro atoms. The van der Waals surface area contributed by atoms with Crippen molar-refractivity contribution in [3.05, 3.63) is 30.3 Å². The van der Waals surface area contributed by atoms with E-state index in [0.29, 0.717) is 6.41 Å². The Bertz CT molecular complexity index is 252. The summed E-state index contributed by atoms with van der Waals surface area (Å²) < 4.78 is 0.890. The minimum atomic E-state index is 0.625. The zero-order chi connectivity index (χ0) is 11.0. The topological polar surface area (TPSA) is 29.1 Å². The highest BCUT2D eigenvalue weighted by atomic mass is 16.1. The van der Waals surface area contributed by atoms with Crippen molar-refractivity contribution in [2.75, 3.05) is 28.2 Å². The summed E-state index contributed by atoms with van der Waals surface area (Å²) in [5.74, 6) is 0. The van der Waals surface area contributed by atoms with Gasteiger partial charge < -0.3 is 5.32 Å². The molecule has 0 bridgehead atoms. The lowest BCUT2D eigenvalue weighted by molar-refractivity contribution is -0.109. The van der Waals surface area contributed by atoms with Crippen molar-refractivity contribution in [1.29, 1.82) is 0 Å². The zero-order valence-corrected chi connectivity index (χ0v) is 9.32. The van der Waals surface area contributed by atoms with Crippen LogP contribution >= 0.6 is 0 Å². The Morgan fingerprint density at radius 1 is 1.14 bits per heavy atom. The third kappa shape index (κ3) is 5.32. The van der Waals surface area contributed by atoms with Gasteiger partial charge in [-0.25, -0.2) is 0 Å². The van der Waals surface area contributed by atoms with Crippen LogP contribution < -0.4 is 9.80 Å². The molecule has 3 heteroatoms. The lowest BCUT2D eigenvalue weighted by Crippen LogP contribution is -2.34. The third-order valence-electron chi connectivity index (χ3n) is 1.65. The van der Waals surface area contributed by atoms with E-state index < -0.39 is 0 Å². The number of carbonyl (C=O) groups excluding carboxylic acids is 1. The standard InChI is InChI=1S/C9H14N.C2H5NO/c1-10(2,3)9-7-5-4-6-8-9;1-3-2-4/h4-8H,1-3H3;2H,1H3,(H,3,4)/q+1;. The van der Waals surface area contributed by atoms with Crippen molar-refractivity contribution < 1.29 is 4.79 Å². The van der Waals surface area contributed by atoms with Crippen LogP contribution in [-0.4, -0.2) is 34.6 Å². The Morgan fingerprint density at radius 3 is 1.79 bits per heavy atom. The molecule has 0 saturated carbocycles. The van der Waals surface area contributed by atoms with E-state index in [0.717, 1.165) is 4.48 Å². The second-order valence-electron chi connectivity index (χ2n) is 3.75. The van der Waals surface area contributed by atoms with Crippen molar-refractivity contribution in [1.82, 2.24) is 9.80 Å². The number of nitrogens with zero attached hydrogens (tertiary/aromatic N) is 1. The normalized spacial score (nSPS) is 9.71. The average molecular weight is 195 g/mol. The third-order valence-corrected chi connectivity index (χ3v) is 1.65. The van der Waals surface area contributed by atoms with E-state index in [2.05, 4.69) is 50.7 Å². The fraction of sp³-hybridized carbons (Fsp3) is 0.364. The number of rotatable bonds is 2. The van der Waals surface area contributed by atoms with Crippen LogP contribution in [0.25, 0.3) is 0 Å². The van der Waals surface area contributed by atoms with E-state index in [4.69, 9.17) is 4.79 Å². The summed E-state index contributed by atoms with van der Waals surface area (Å²) in [5, 5.41) is 2.25. The van der Waals surface area contributed by atoms with Crippen molar-refractivity contribution in [3.8, 4) is 0 Å². The number of hydrogen-bond donors (Lipinski definition) is 1. The van der Waals surface area contributed by atoms with Crippen LogP contribution in [0, 0.1) is 0 Å². The number of amides is 1. The molecule has 0 atom stereocenters. The van der Waals surface area contributed by atoms with Gasteiger partial charge in [0, 0.05) is 7.05 Å². The number of benzene rings is 1. The molecule has 78 valence electrons. The molecule has 0 aliphatic rings. The summed E-state index contributed by atoms with van der Waals surface area (Å²) in [7, 11) is 8.05. The van der Waals surface area contributed by atoms with Crippen LogP contribution in [0.2, 0.25) is 0 Å². The van der Waals surface area contributed by atoms with Crippen molar-refractivity contribution in [2.45, 2.75) is 0 Å². The van der Waals surface area contributed by atoms with Gasteiger partial charge in [-0.15, -0.1) is 0 Å². The minimum absolute atomic E-state index is 0.625. The van der Waals surface area contributed by atoms with Crippen LogP contribution in [0.4, 0.5) is 5.69 Å². The molecule has 14 heavy (non-hydrogen) atoms. The van der Waals surface area contributed by atoms with E-state index in [1.54, 1.807) is 7.05 Å². The van der Waals surface area contributed by atoms with E-state index in [1.807, 2.05) is 6.07 Å². The predicted molar refractivity (Wildman–Crippen MR) is 61.1 cm³/mol. The highest BCUT2D eigenvalue weighted by Crippen LogP contribution is 2.14. The highest BCUT2D eigenvalue weighted by Gasteiger charge is 2.08. The lowest BCUT2D eigenvalue weighted by Gasteiger charge is -2.22. The number of carbonyl (C=O) groups is 1. The highest BCUT2D eigenvalue weighted by molar-refractivity contribution is 5.44. The fourth-order valence-corrected chi connectivity index (χ4v) is 0.875. The summed E-state index contributed by atoms with van der Waals surface area (Å²) in [6, 6.07) is 10.5.